The van der Waals surface area contributed by atoms with Crippen LogP contribution in [-0.2, 0) is 14.8 Å². The molecule has 3 aromatic rings. The average molecular weight is 612 g/mol. The van der Waals surface area contributed by atoms with Crippen molar-refractivity contribution in [3.05, 3.63) is 83.7 Å². The van der Waals surface area contributed by atoms with Crippen molar-refractivity contribution in [2.24, 2.45) is 0 Å². The molecule has 1 aliphatic heterocycles. The number of ketones is 1. The fourth-order valence-corrected chi connectivity index (χ4v) is 5.07. The van der Waals surface area contributed by atoms with E-state index < -0.39 is 34.0 Å². The first kappa shape index (κ1) is 31.9. The molecule has 4 rings (SSSR count). The van der Waals surface area contributed by atoms with Crippen LogP contribution in [0, 0.1) is 5.82 Å². The maximum atomic E-state index is 13.6. The summed E-state index contributed by atoms with van der Waals surface area (Å²) in [5, 5.41) is 16.5. The molecule has 0 aliphatic carbocycles. The number of anilines is 3. The van der Waals surface area contributed by atoms with Crippen molar-refractivity contribution in [1.29, 1.82) is 0 Å². The first-order valence-corrected chi connectivity index (χ1v) is 13.6. The van der Waals surface area contributed by atoms with E-state index in [-0.39, 0.29) is 21.9 Å². The van der Waals surface area contributed by atoms with Crippen LogP contribution in [0.4, 0.5) is 34.6 Å². The Hall–Kier alpha value is -4.66. The van der Waals surface area contributed by atoms with E-state index in [1.807, 2.05) is 17.0 Å². The van der Waals surface area contributed by atoms with Crippen LogP contribution in [0.15, 0.2) is 71.6 Å². The number of rotatable bonds is 7. The van der Waals surface area contributed by atoms with Crippen molar-refractivity contribution in [2.75, 3.05) is 40.7 Å². The Morgan fingerprint density at radius 3 is 1.88 bits per heavy atom. The van der Waals surface area contributed by atoms with Gasteiger partial charge in [-0.3, -0.25) is 9.52 Å². The molecule has 0 amide bonds. The molecule has 15 heteroatoms. The summed E-state index contributed by atoms with van der Waals surface area (Å²) in [6.07, 6.45) is -5.08. The van der Waals surface area contributed by atoms with Gasteiger partial charge in [-0.05, 0) is 67.6 Å². The highest BCUT2D eigenvalue weighted by molar-refractivity contribution is 7.92. The number of nitrogens with zero attached hydrogens (tertiary/aromatic N) is 2. The first-order valence-electron chi connectivity index (χ1n) is 12.1. The van der Waals surface area contributed by atoms with Gasteiger partial charge in [0.05, 0.1) is 21.8 Å². The Morgan fingerprint density at radius 1 is 0.833 bits per heavy atom. The molecule has 1 heterocycles. The minimum Gasteiger partial charge on any atom is -0.478 e. The maximum absolute atomic E-state index is 13.6. The number of carboxylic acid groups (broad SMARTS) is 2. The predicted octanol–water partition coefficient (Wildman–Crippen LogP) is 4.49. The molecule has 0 radical (unpaired) electrons. The van der Waals surface area contributed by atoms with Crippen molar-refractivity contribution >= 4 is 44.8 Å². The van der Waals surface area contributed by atoms with Crippen molar-refractivity contribution in [1.82, 2.24) is 0 Å². The molecule has 10 nitrogen and oxygen atoms in total. The Kier molecular flexibility index (Phi) is 9.78. The minimum absolute atomic E-state index is 0.000556. The van der Waals surface area contributed by atoms with E-state index in [0.717, 1.165) is 17.8 Å². The van der Waals surface area contributed by atoms with Gasteiger partial charge in [0.25, 0.3) is 10.0 Å². The first-order chi connectivity index (χ1) is 19.6. The lowest BCUT2D eigenvalue weighted by Gasteiger charge is -2.38. The Labute approximate surface area is 237 Å². The molecule has 1 aliphatic rings. The number of Topliss-reactive ketones (excluding diaryl/α,β-unsaturated/α-hetero) is 1. The van der Waals surface area contributed by atoms with E-state index in [4.69, 9.17) is 9.90 Å². The normalized spacial score (nSPS) is 13.5. The third-order valence-corrected chi connectivity index (χ3v) is 7.46. The molecule has 224 valence electrons. The number of hydrogen-bond donors (Lipinski definition) is 3. The molecular weight excluding hydrogens is 586 g/mol. The number of aromatic carboxylic acids is 1. The fraction of sp³-hybridized carbons (Fsp3) is 0.222. The number of alkyl halides is 3. The summed E-state index contributed by atoms with van der Waals surface area (Å²) in [6.45, 7) is 3.89. The van der Waals surface area contributed by atoms with E-state index >= 15 is 0 Å². The molecule has 0 unspecified atom stereocenters. The molecule has 3 N–H and O–H groups in total. The summed E-state index contributed by atoms with van der Waals surface area (Å²) in [5.74, 6) is -4.65. The largest absolute Gasteiger partial charge is 0.490 e. The summed E-state index contributed by atoms with van der Waals surface area (Å²) in [7, 11) is -4.15. The lowest BCUT2D eigenvalue weighted by Crippen LogP contribution is -2.46. The van der Waals surface area contributed by atoms with Crippen LogP contribution < -0.4 is 14.5 Å². The predicted molar refractivity (Wildman–Crippen MR) is 145 cm³/mol. The highest BCUT2D eigenvalue weighted by atomic mass is 32.2. The van der Waals surface area contributed by atoms with E-state index in [1.54, 1.807) is 18.2 Å². The summed E-state index contributed by atoms with van der Waals surface area (Å²) < 4.78 is 73.6. The van der Waals surface area contributed by atoms with Gasteiger partial charge in [-0.2, -0.15) is 13.2 Å². The summed E-state index contributed by atoms with van der Waals surface area (Å²) in [5.41, 5.74) is 2.17. The maximum Gasteiger partial charge on any atom is 0.490 e. The minimum atomic E-state index is -5.08. The van der Waals surface area contributed by atoms with E-state index in [2.05, 4.69) is 9.62 Å². The molecule has 3 aromatic carbocycles. The van der Waals surface area contributed by atoms with Crippen LogP contribution >= 0.6 is 0 Å². The van der Waals surface area contributed by atoms with Crippen LogP contribution in [0.1, 0.15) is 27.6 Å². The second kappa shape index (κ2) is 12.9. The lowest BCUT2D eigenvalue weighted by molar-refractivity contribution is -0.192. The van der Waals surface area contributed by atoms with Crippen LogP contribution in [0.3, 0.4) is 0 Å². The number of hydrogen-bond acceptors (Lipinski definition) is 7. The van der Waals surface area contributed by atoms with Gasteiger partial charge in [0, 0.05) is 37.4 Å². The van der Waals surface area contributed by atoms with Crippen LogP contribution in [0.5, 0.6) is 0 Å². The van der Waals surface area contributed by atoms with Crippen molar-refractivity contribution in [2.45, 2.75) is 18.0 Å². The third kappa shape index (κ3) is 8.19. The number of aliphatic carboxylic acids is 1. The molecule has 1 fully saturated rings. The zero-order valence-corrected chi connectivity index (χ0v) is 22.7. The topological polar surface area (TPSA) is 144 Å². The second-order valence-electron chi connectivity index (χ2n) is 8.98. The van der Waals surface area contributed by atoms with Gasteiger partial charge in [0.15, 0.2) is 5.78 Å². The summed E-state index contributed by atoms with van der Waals surface area (Å²) >= 11 is 0. The Morgan fingerprint density at radius 2 is 1.38 bits per heavy atom. The number of nitrogens with one attached hydrogen (secondary N) is 1. The Bertz CT molecular complexity index is 1570. The highest BCUT2D eigenvalue weighted by Gasteiger charge is 2.38. The van der Waals surface area contributed by atoms with Gasteiger partial charge < -0.3 is 20.0 Å². The lowest BCUT2D eigenvalue weighted by atomic mass is 10.1. The third-order valence-electron chi connectivity index (χ3n) is 6.10. The van der Waals surface area contributed by atoms with Crippen LogP contribution in [0.25, 0.3) is 0 Å². The smallest absolute Gasteiger partial charge is 0.478 e. The molecule has 1 saturated heterocycles. The highest BCUT2D eigenvalue weighted by Crippen LogP contribution is 2.31. The van der Waals surface area contributed by atoms with Crippen LogP contribution in [-0.4, -0.2) is 68.7 Å². The molecule has 0 spiro atoms. The number of benzene rings is 3. The molecular formula is C27H25F4N3O7S. The molecule has 0 saturated carbocycles. The standard InChI is InChI=1S/C25H24FN3O5S.C2HF3O2/c1-17(30)18-5-8-21(9-6-18)28-11-13-29(14-12-28)24-10-7-19(25(31)32)15-23(24)27-35(33,34)22-4-2-3-20(26)16-22;3-2(4,5)1(6)7/h2-10,15-16,27H,11-14H2,1H3,(H,31,32);(H,6,7). The SMILES string of the molecule is CC(=O)c1ccc(N2CCN(c3ccc(C(=O)O)cc3NS(=O)(=O)c3cccc(F)c3)CC2)cc1.O=C(O)C(F)(F)F. The van der Waals surface area contributed by atoms with E-state index in [9.17, 15) is 40.7 Å². The molecule has 42 heavy (non-hydrogen) atoms. The van der Waals surface area contributed by atoms with Gasteiger partial charge in [-0.1, -0.05) is 6.07 Å². The fourth-order valence-electron chi connectivity index (χ4n) is 3.98. The second-order valence-corrected chi connectivity index (χ2v) is 10.7. The van der Waals surface area contributed by atoms with Gasteiger partial charge in [0.2, 0.25) is 0 Å². The van der Waals surface area contributed by atoms with E-state index in [1.165, 1.54) is 31.2 Å². The Balaban J connectivity index is 0.000000616. The molecule has 0 atom stereocenters. The number of carbonyl (C=O) groups is 3. The van der Waals surface area contributed by atoms with E-state index in [0.29, 0.717) is 37.4 Å². The number of halogens is 4. The van der Waals surface area contributed by atoms with Crippen molar-refractivity contribution in [3.63, 3.8) is 0 Å². The number of sulfonamides is 1. The monoisotopic (exact) mass is 611 g/mol. The molecule has 0 aromatic heterocycles. The van der Waals surface area contributed by atoms with Gasteiger partial charge in [0.1, 0.15) is 5.82 Å². The van der Waals surface area contributed by atoms with Crippen molar-refractivity contribution in [3.8, 4) is 0 Å². The molecule has 0 bridgehead atoms. The zero-order chi connectivity index (χ0) is 31.2. The number of piperazine rings is 1. The van der Waals surface area contributed by atoms with Gasteiger partial charge in [-0.25, -0.2) is 22.4 Å². The average Bonchev–Trinajstić information content (AvgIpc) is 2.93. The van der Waals surface area contributed by atoms with Crippen LogP contribution in [0.2, 0.25) is 0 Å². The quantitative estimate of drug-likeness (QED) is 0.260. The summed E-state index contributed by atoms with van der Waals surface area (Å²) in [4.78, 5) is 35.8. The zero-order valence-electron chi connectivity index (χ0n) is 21.9. The van der Waals surface area contributed by atoms with Crippen molar-refractivity contribution < 1.29 is 50.6 Å². The number of carboxylic acids is 2. The number of carbonyl (C=O) groups excluding carboxylic acids is 1. The van der Waals surface area contributed by atoms with Gasteiger partial charge in [-0.15, -0.1) is 0 Å². The summed E-state index contributed by atoms with van der Waals surface area (Å²) in [6, 6.07) is 16.2. The van der Waals surface area contributed by atoms with Gasteiger partial charge >= 0.3 is 18.1 Å².